The molecule has 0 fully saturated rings. The number of carbonyl (C=O) groups excluding carboxylic acids is 1. The second-order valence-corrected chi connectivity index (χ2v) is 6.04. The summed E-state index contributed by atoms with van der Waals surface area (Å²) < 4.78 is 5.57. The van der Waals surface area contributed by atoms with E-state index >= 15 is 0 Å². The number of nitrogens with zero attached hydrogens (tertiary/aromatic N) is 2. The zero-order valence-electron chi connectivity index (χ0n) is 14.2. The van der Waals surface area contributed by atoms with Crippen LogP contribution in [0.3, 0.4) is 0 Å². The lowest BCUT2D eigenvalue weighted by molar-refractivity contribution is 0.102. The molecule has 5 heteroatoms. The Morgan fingerprint density at radius 1 is 0.917 bits per heavy atom. The molecule has 5 nitrogen and oxygen atoms in total. The van der Waals surface area contributed by atoms with E-state index in [1.165, 1.54) is 0 Å². The van der Waals surface area contributed by atoms with Crippen molar-refractivity contribution in [2.45, 2.75) is 27.7 Å². The van der Waals surface area contributed by atoms with E-state index in [-0.39, 0.29) is 11.9 Å². The van der Waals surface area contributed by atoms with E-state index in [0.717, 1.165) is 27.8 Å². The Morgan fingerprint density at radius 3 is 2.29 bits per heavy atom. The first-order valence-electron chi connectivity index (χ1n) is 7.73. The Morgan fingerprint density at radius 2 is 1.62 bits per heavy atom. The Kier molecular flexibility index (Phi) is 4.16. The molecule has 2 aromatic carbocycles. The minimum atomic E-state index is -0.270. The lowest BCUT2D eigenvalue weighted by atomic mass is 10.1. The maximum Gasteiger partial charge on any atom is 0.322 e. The summed E-state index contributed by atoms with van der Waals surface area (Å²) in [7, 11) is 0. The number of hydrogen-bond donors (Lipinski definition) is 1. The molecule has 0 saturated carbocycles. The summed E-state index contributed by atoms with van der Waals surface area (Å²) in [6.07, 6.45) is 0. The molecule has 3 rings (SSSR count). The monoisotopic (exact) mass is 321 g/mol. The van der Waals surface area contributed by atoms with Gasteiger partial charge in [-0.15, -0.1) is 5.10 Å². The molecule has 122 valence electrons. The van der Waals surface area contributed by atoms with Crippen molar-refractivity contribution in [3.63, 3.8) is 0 Å². The van der Waals surface area contributed by atoms with E-state index in [4.69, 9.17) is 4.42 Å². The standard InChI is InChI=1S/C19H19N3O2/c1-11-7-12(2)9-16(8-11)18-21-22-19(24-18)20-17(23)15-6-5-13(3)14(4)10-15/h5-10H,1-4H3,(H,20,22,23). The zero-order chi connectivity index (χ0) is 17.3. The lowest BCUT2D eigenvalue weighted by Crippen LogP contribution is -2.12. The van der Waals surface area contributed by atoms with Gasteiger partial charge in [-0.3, -0.25) is 10.1 Å². The van der Waals surface area contributed by atoms with Crippen LogP contribution < -0.4 is 5.32 Å². The van der Waals surface area contributed by atoms with E-state index in [9.17, 15) is 4.79 Å². The number of aryl methyl sites for hydroxylation is 4. The first-order valence-corrected chi connectivity index (χ1v) is 7.73. The fourth-order valence-electron chi connectivity index (χ4n) is 2.54. The third-order valence-electron chi connectivity index (χ3n) is 3.88. The molecule has 0 radical (unpaired) electrons. The Labute approximate surface area is 140 Å². The number of rotatable bonds is 3. The predicted octanol–water partition coefficient (Wildman–Crippen LogP) is 4.22. The van der Waals surface area contributed by atoms with Gasteiger partial charge in [0, 0.05) is 11.1 Å². The first-order chi connectivity index (χ1) is 11.4. The number of nitrogens with one attached hydrogen (secondary N) is 1. The van der Waals surface area contributed by atoms with E-state index in [0.29, 0.717) is 11.5 Å². The van der Waals surface area contributed by atoms with Crippen molar-refractivity contribution in [1.82, 2.24) is 10.2 Å². The molecule has 0 aliphatic rings. The van der Waals surface area contributed by atoms with Crippen molar-refractivity contribution in [1.29, 1.82) is 0 Å². The Bertz CT molecular complexity index is 892. The average molecular weight is 321 g/mol. The smallest absolute Gasteiger partial charge is 0.322 e. The van der Waals surface area contributed by atoms with Crippen LogP contribution >= 0.6 is 0 Å². The number of anilines is 1. The molecule has 0 unspecified atom stereocenters. The molecule has 1 heterocycles. The van der Waals surface area contributed by atoms with Crippen molar-refractivity contribution in [3.05, 3.63) is 64.2 Å². The van der Waals surface area contributed by atoms with Crippen LogP contribution in [0, 0.1) is 27.7 Å². The van der Waals surface area contributed by atoms with E-state index in [1.54, 1.807) is 6.07 Å². The van der Waals surface area contributed by atoms with Crippen LogP contribution in [0.4, 0.5) is 6.01 Å². The van der Waals surface area contributed by atoms with Gasteiger partial charge in [-0.2, -0.15) is 0 Å². The maximum atomic E-state index is 12.3. The minimum absolute atomic E-state index is 0.0902. The topological polar surface area (TPSA) is 68.0 Å². The molecule has 1 N–H and O–H groups in total. The maximum absolute atomic E-state index is 12.3. The largest absolute Gasteiger partial charge is 0.403 e. The normalized spacial score (nSPS) is 10.7. The van der Waals surface area contributed by atoms with Crippen LogP contribution in [0.15, 0.2) is 40.8 Å². The summed E-state index contributed by atoms with van der Waals surface area (Å²) in [5.41, 5.74) is 5.83. The molecular formula is C19H19N3O2. The number of aromatic nitrogens is 2. The Balaban J connectivity index is 1.80. The van der Waals surface area contributed by atoms with Gasteiger partial charge in [-0.05, 0) is 63.1 Å². The quantitative estimate of drug-likeness (QED) is 0.784. The summed E-state index contributed by atoms with van der Waals surface area (Å²) in [5.74, 6) is 0.117. The fourth-order valence-corrected chi connectivity index (χ4v) is 2.54. The fraction of sp³-hybridized carbons (Fsp3) is 0.211. The second kappa shape index (κ2) is 6.28. The highest BCUT2D eigenvalue weighted by Crippen LogP contribution is 2.22. The third kappa shape index (κ3) is 3.35. The SMILES string of the molecule is Cc1cc(C)cc(-c2nnc(NC(=O)c3ccc(C)c(C)c3)o2)c1. The first kappa shape index (κ1) is 15.9. The van der Waals surface area contributed by atoms with Crippen molar-refractivity contribution in [2.24, 2.45) is 0 Å². The molecule has 1 amide bonds. The highest BCUT2D eigenvalue weighted by molar-refractivity contribution is 6.03. The summed E-state index contributed by atoms with van der Waals surface area (Å²) in [6.45, 7) is 7.99. The van der Waals surface area contributed by atoms with Crippen molar-refractivity contribution in [2.75, 3.05) is 5.32 Å². The van der Waals surface area contributed by atoms with Gasteiger partial charge in [0.1, 0.15) is 0 Å². The predicted molar refractivity (Wildman–Crippen MR) is 93.1 cm³/mol. The van der Waals surface area contributed by atoms with E-state index < -0.39 is 0 Å². The minimum Gasteiger partial charge on any atom is -0.403 e. The highest BCUT2D eigenvalue weighted by Gasteiger charge is 2.13. The zero-order valence-corrected chi connectivity index (χ0v) is 14.2. The van der Waals surface area contributed by atoms with Gasteiger partial charge in [-0.25, -0.2) is 0 Å². The van der Waals surface area contributed by atoms with Crippen molar-refractivity contribution in [3.8, 4) is 11.5 Å². The second-order valence-electron chi connectivity index (χ2n) is 6.04. The van der Waals surface area contributed by atoms with Crippen LogP contribution in [0.1, 0.15) is 32.6 Å². The van der Waals surface area contributed by atoms with Crippen LogP contribution in [0.5, 0.6) is 0 Å². The molecular weight excluding hydrogens is 302 g/mol. The summed E-state index contributed by atoms with van der Waals surface area (Å²) in [4.78, 5) is 12.3. The summed E-state index contributed by atoms with van der Waals surface area (Å²) >= 11 is 0. The van der Waals surface area contributed by atoms with Crippen LogP contribution in [0.25, 0.3) is 11.5 Å². The summed E-state index contributed by atoms with van der Waals surface area (Å²) in [5, 5.41) is 10.6. The third-order valence-corrected chi connectivity index (χ3v) is 3.88. The molecule has 0 aliphatic heterocycles. The van der Waals surface area contributed by atoms with Gasteiger partial charge >= 0.3 is 6.01 Å². The average Bonchev–Trinajstić information content (AvgIpc) is 2.97. The molecule has 0 aliphatic carbocycles. The summed E-state index contributed by atoms with van der Waals surface area (Å²) in [6, 6.07) is 11.6. The van der Waals surface area contributed by atoms with Gasteiger partial charge < -0.3 is 4.42 Å². The van der Waals surface area contributed by atoms with Gasteiger partial charge in [-0.1, -0.05) is 28.4 Å². The molecule has 0 spiro atoms. The number of amides is 1. The molecule has 3 aromatic rings. The van der Waals surface area contributed by atoms with Crippen LogP contribution in [-0.4, -0.2) is 16.1 Å². The molecule has 0 bridgehead atoms. The van der Waals surface area contributed by atoms with Crippen LogP contribution in [0.2, 0.25) is 0 Å². The molecule has 1 aromatic heterocycles. The lowest BCUT2D eigenvalue weighted by Gasteiger charge is -2.04. The number of carbonyl (C=O) groups is 1. The number of benzene rings is 2. The van der Waals surface area contributed by atoms with Gasteiger partial charge in [0.15, 0.2) is 0 Å². The van der Waals surface area contributed by atoms with Crippen molar-refractivity contribution < 1.29 is 9.21 Å². The van der Waals surface area contributed by atoms with Gasteiger partial charge in [0.2, 0.25) is 5.89 Å². The number of hydrogen-bond acceptors (Lipinski definition) is 4. The molecule has 0 saturated heterocycles. The van der Waals surface area contributed by atoms with Gasteiger partial charge in [0.25, 0.3) is 5.91 Å². The van der Waals surface area contributed by atoms with Crippen molar-refractivity contribution >= 4 is 11.9 Å². The van der Waals surface area contributed by atoms with Gasteiger partial charge in [0.05, 0.1) is 0 Å². The van der Waals surface area contributed by atoms with E-state index in [2.05, 4.69) is 21.6 Å². The molecule has 0 atom stereocenters. The molecule has 24 heavy (non-hydrogen) atoms. The Hall–Kier alpha value is -2.95. The van der Waals surface area contributed by atoms with Crippen LogP contribution in [-0.2, 0) is 0 Å². The van der Waals surface area contributed by atoms with E-state index in [1.807, 2.05) is 52.0 Å². The highest BCUT2D eigenvalue weighted by atomic mass is 16.4.